The largest absolute Gasteiger partial charge is 0.339 e. The van der Waals surface area contributed by atoms with Gasteiger partial charge < -0.3 is 10.3 Å². The topological polar surface area (TPSA) is 64.9 Å². The predicted molar refractivity (Wildman–Crippen MR) is 62.0 cm³/mol. The maximum Gasteiger partial charge on any atom is 0.226 e. The van der Waals surface area contributed by atoms with E-state index in [9.17, 15) is 0 Å². The van der Waals surface area contributed by atoms with E-state index in [-0.39, 0.29) is 5.41 Å². The van der Waals surface area contributed by atoms with Crippen molar-refractivity contribution in [1.29, 1.82) is 0 Å². The van der Waals surface area contributed by atoms with E-state index in [2.05, 4.69) is 24.0 Å². The molecule has 2 N–H and O–H groups in total. The number of aryl methyl sites for hydroxylation is 1. The fourth-order valence-corrected chi connectivity index (χ4v) is 1.81. The van der Waals surface area contributed by atoms with Gasteiger partial charge in [-0.1, -0.05) is 19.0 Å². The molecule has 90 valence electrons. The Hall–Kier alpha value is -0.900. The number of nitrogens with two attached hydrogens (primary N) is 1. The highest BCUT2D eigenvalue weighted by Gasteiger charge is 2.43. The molecule has 1 aliphatic carbocycles. The Bertz CT molecular complexity index is 344. The van der Waals surface area contributed by atoms with Gasteiger partial charge in [-0.25, -0.2) is 0 Å². The highest BCUT2D eigenvalue weighted by molar-refractivity contribution is 5.14. The van der Waals surface area contributed by atoms with Crippen LogP contribution in [0.25, 0.3) is 0 Å². The summed E-state index contributed by atoms with van der Waals surface area (Å²) < 4.78 is 5.27. The third kappa shape index (κ3) is 2.61. The zero-order chi connectivity index (χ0) is 11.6. The summed E-state index contributed by atoms with van der Waals surface area (Å²) in [4.78, 5) is 4.47. The lowest BCUT2D eigenvalue weighted by Gasteiger charge is -2.06. The molecule has 1 unspecified atom stereocenters. The number of nitrogens with zero attached hydrogens (tertiary/aromatic N) is 2. The molecule has 0 bridgehead atoms. The lowest BCUT2D eigenvalue weighted by atomic mass is 10.0. The molecule has 1 aromatic rings. The molecule has 0 radical (unpaired) electrons. The highest BCUT2D eigenvalue weighted by Crippen LogP contribution is 2.45. The van der Waals surface area contributed by atoms with Crippen LogP contribution < -0.4 is 5.73 Å². The van der Waals surface area contributed by atoms with Crippen LogP contribution in [0.2, 0.25) is 0 Å². The lowest BCUT2D eigenvalue weighted by molar-refractivity contribution is 0.355. The average Bonchev–Trinajstić information content (AvgIpc) is 2.83. The van der Waals surface area contributed by atoms with Gasteiger partial charge in [0.15, 0.2) is 5.82 Å². The first-order valence-corrected chi connectivity index (χ1v) is 6.17. The van der Waals surface area contributed by atoms with Crippen molar-refractivity contribution in [2.45, 2.75) is 51.4 Å². The molecule has 1 aromatic heterocycles. The summed E-state index contributed by atoms with van der Waals surface area (Å²) in [5, 5.41) is 4.06. The number of hydrogen-bond acceptors (Lipinski definition) is 4. The quantitative estimate of drug-likeness (QED) is 0.801. The summed E-state index contributed by atoms with van der Waals surface area (Å²) in [6.45, 7) is 5.17. The molecular formula is C12H21N3O. The molecule has 4 heteroatoms. The summed E-state index contributed by atoms with van der Waals surface area (Å²) in [5.74, 6) is 2.32. The van der Waals surface area contributed by atoms with E-state index in [1.54, 1.807) is 0 Å². The zero-order valence-corrected chi connectivity index (χ0v) is 10.2. The minimum absolute atomic E-state index is 0.213. The summed E-state index contributed by atoms with van der Waals surface area (Å²) >= 11 is 0. The number of aromatic nitrogens is 2. The first kappa shape index (κ1) is 11.6. The van der Waals surface area contributed by atoms with Gasteiger partial charge in [0.05, 0.1) is 0 Å². The van der Waals surface area contributed by atoms with Gasteiger partial charge in [0.2, 0.25) is 5.89 Å². The van der Waals surface area contributed by atoms with Crippen molar-refractivity contribution in [1.82, 2.24) is 10.1 Å². The highest BCUT2D eigenvalue weighted by atomic mass is 16.5. The number of rotatable bonds is 6. The van der Waals surface area contributed by atoms with Crippen LogP contribution in [-0.4, -0.2) is 16.7 Å². The molecule has 0 aromatic carbocycles. The molecule has 1 heterocycles. The Kier molecular flexibility index (Phi) is 3.28. The Morgan fingerprint density at radius 3 is 2.81 bits per heavy atom. The Morgan fingerprint density at radius 2 is 2.19 bits per heavy atom. The summed E-state index contributed by atoms with van der Waals surface area (Å²) in [7, 11) is 0. The lowest BCUT2D eigenvalue weighted by Crippen LogP contribution is -2.07. The maximum atomic E-state index is 5.52. The van der Waals surface area contributed by atoms with Gasteiger partial charge in [-0.3, -0.25) is 0 Å². The van der Waals surface area contributed by atoms with E-state index in [1.165, 1.54) is 12.8 Å². The second kappa shape index (κ2) is 4.53. The molecule has 0 amide bonds. The van der Waals surface area contributed by atoms with Gasteiger partial charge in [0.25, 0.3) is 0 Å². The van der Waals surface area contributed by atoms with E-state index < -0.39 is 0 Å². The van der Waals surface area contributed by atoms with E-state index in [1.807, 2.05) is 0 Å². The maximum absolute atomic E-state index is 5.52. The van der Waals surface area contributed by atoms with Crippen LogP contribution in [0.5, 0.6) is 0 Å². The molecule has 1 atom stereocenters. The Labute approximate surface area is 96.6 Å². The third-order valence-corrected chi connectivity index (χ3v) is 3.52. The van der Waals surface area contributed by atoms with E-state index in [4.69, 9.17) is 10.3 Å². The smallest absolute Gasteiger partial charge is 0.226 e. The summed E-state index contributed by atoms with van der Waals surface area (Å²) in [6, 6.07) is 0. The van der Waals surface area contributed by atoms with Gasteiger partial charge in [-0.05, 0) is 38.1 Å². The summed E-state index contributed by atoms with van der Waals surface area (Å²) in [6.07, 6.45) is 5.41. The van der Waals surface area contributed by atoms with Crippen molar-refractivity contribution in [3.05, 3.63) is 11.7 Å². The van der Waals surface area contributed by atoms with Crippen molar-refractivity contribution in [3.8, 4) is 0 Å². The molecule has 0 spiro atoms. The molecule has 4 nitrogen and oxygen atoms in total. The van der Waals surface area contributed by atoms with Crippen molar-refractivity contribution in [2.75, 3.05) is 6.54 Å². The monoisotopic (exact) mass is 223 g/mol. The van der Waals surface area contributed by atoms with Crippen LogP contribution in [0.3, 0.4) is 0 Å². The molecule has 1 aliphatic rings. The van der Waals surface area contributed by atoms with Gasteiger partial charge in [0.1, 0.15) is 0 Å². The fourth-order valence-electron chi connectivity index (χ4n) is 1.81. The first-order chi connectivity index (χ1) is 7.64. The molecule has 1 saturated carbocycles. The number of hydrogen-bond donors (Lipinski definition) is 1. The molecular weight excluding hydrogens is 202 g/mol. The minimum atomic E-state index is 0.213. The first-order valence-electron chi connectivity index (χ1n) is 6.17. The van der Waals surface area contributed by atoms with Crippen LogP contribution in [-0.2, 0) is 11.8 Å². The van der Waals surface area contributed by atoms with Crippen molar-refractivity contribution < 1.29 is 4.52 Å². The van der Waals surface area contributed by atoms with Crippen molar-refractivity contribution in [2.24, 2.45) is 11.7 Å². The van der Waals surface area contributed by atoms with Crippen molar-refractivity contribution >= 4 is 0 Å². The van der Waals surface area contributed by atoms with Crippen LogP contribution in [0.15, 0.2) is 4.52 Å². The molecule has 0 saturated heterocycles. The standard InChI is InChI=1S/C12H21N3O/c1-9(5-8-13)3-4-10-14-11(15-16-10)12(2)6-7-12/h9H,3-8,13H2,1-2H3. The van der Waals surface area contributed by atoms with Gasteiger partial charge in [0, 0.05) is 11.8 Å². The Morgan fingerprint density at radius 1 is 1.44 bits per heavy atom. The average molecular weight is 223 g/mol. The third-order valence-electron chi connectivity index (χ3n) is 3.52. The van der Waals surface area contributed by atoms with Crippen LogP contribution in [0, 0.1) is 5.92 Å². The fraction of sp³-hybridized carbons (Fsp3) is 0.833. The van der Waals surface area contributed by atoms with Gasteiger partial charge >= 0.3 is 0 Å². The van der Waals surface area contributed by atoms with Gasteiger partial charge in [-0.15, -0.1) is 0 Å². The van der Waals surface area contributed by atoms with Gasteiger partial charge in [-0.2, -0.15) is 4.98 Å². The van der Waals surface area contributed by atoms with Crippen LogP contribution in [0.1, 0.15) is 51.2 Å². The van der Waals surface area contributed by atoms with E-state index in [0.29, 0.717) is 5.92 Å². The van der Waals surface area contributed by atoms with Crippen LogP contribution in [0.4, 0.5) is 0 Å². The van der Waals surface area contributed by atoms with Crippen LogP contribution >= 0.6 is 0 Å². The SMILES string of the molecule is CC(CCN)CCc1nc(C2(C)CC2)no1. The normalized spacial score (nSPS) is 19.7. The predicted octanol–water partition coefficient (Wildman–Crippen LogP) is 2.04. The second-order valence-electron chi connectivity index (χ2n) is 5.29. The minimum Gasteiger partial charge on any atom is -0.339 e. The van der Waals surface area contributed by atoms with Crippen molar-refractivity contribution in [3.63, 3.8) is 0 Å². The molecule has 16 heavy (non-hydrogen) atoms. The van der Waals surface area contributed by atoms with E-state index in [0.717, 1.165) is 37.5 Å². The molecule has 0 aliphatic heterocycles. The molecule has 1 fully saturated rings. The second-order valence-corrected chi connectivity index (χ2v) is 5.29. The summed E-state index contributed by atoms with van der Waals surface area (Å²) in [5.41, 5.74) is 5.73. The molecule has 2 rings (SSSR count). The van der Waals surface area contributed by atoms with E-state index >= 15 is 0 Å². The zero-order valence-electron chi connectivity index (χ0n) is 10.2. The Balaban J connectivity index is 1.83.